The van der Waals surface area contributed by atoms with Crippen LogP contribution in [0.4, 0.5) is 0 Å². The summed E-state index contributed by atoms with van der Waals surface area (Å²) in [6.45, 7) is 13.2. The molecule has 0 fully saturated rings. The lowest BCUT2D eigenvalue weighted by Crippen LogP contribution is -2.13. The lowest BCUT2D eigenvalue weighted by Gasteiger charge is -2.26. The summed E-state index contributed by atoms with van der Waals surface area (Å²) in [4.78, 5) is 0. The van der Waals surface area contributed by atoms with Crippen LogP contribution < -0.4 is 0 Å². The van der Waals surface area contributed by atoms with Crippen molar-refractivity contribution in [2.45, 2.75) is 33.1 Å². The summed E-state index contributed by atoms with van der Waals surface area (Å²) < 4.78 is 6.80. The highest BCUT2D eigenvalue weighted by atomic mass is 16.3. The summed E-state index contributed by atoms with van der Waals surface area (Å²) in [5.74, 6) is 0. The van der Waals surface area contributed by atoms with Crippen molar-refractivity contribution >= 4 is 60.3 Å². The minimum atomic E-state index is -0.0155. The van der Waals surface area contributed by atoms with Crippen LogP contribution in [0.1, 0.15) is 37.5 Å². The van der Waals surface area contributed by atoms with E-state index in [4.69, 9.17) is 4.42 Å². The van der Waals surface area contributed by atoms with E-state index in [1.165, 1.54) is 71.3 Å². The van der Waals surface area contributed by atoms with Gasteiger partial charge in [0.15, 0.2) is 0 Å². The normalized spacial score (nSPS) is 12.2. The first-order valence-corrected chi connectivity index (χ1v) is 18.1. The molecule has 1 nitrogen and oxygen atoms in total. The second-order valence-electron chi connectivity index (χ2n) is 14.9. The number of allylic oxidation sites excluding steroid dienone is 2. The van der Waals surface area contributed by atoms with Crippen LogP contribution >= 0.6 is 0 Å². The molecule has 52 heavy (non-hydrogen) atoms. The molecule has 9 rings (SSSR count). The standard InChI is InChI=1S/C51H40O/c1-6-7-20-35-32(2)46(33-18-9-8-10-19-33)36-21-11-12-22-37(36)48(35)43-27-17-28-44-49(43)42-30-29-34(31-45(42)52-44)47-38-23-13-15-25-40(38)50(51(3,4)5)41-26-16-14-24-39(41)47/h6-31H,1H2,2-5H3/b20-7-. The molecule has 0 aliphatic heterocycles. The zero-order chi connectivity index (χ0) is 35.6. The van der Waals surface area contributed by atoms with Crippen LogP contribution in [0.15, 0.2) is 163 Å². The van der Waals surface area contributed by atoms with Crippen molar-refractivity contribution in [2.24, 2.45) is 0 Å². The van der Waals surface area contributed by atoms with Gasteiger partial charge in [0.05, 0.1) is 0 Å². The number of rotatable bonds is 5. The van der Waals surface area contributed by atoms with Crippen LogP contribution in [-0.4, -0.2) is 0 Å². The highest BCUT2D eigenvalue weighted by molar-refractivity contribution is 6.20. The molecular weight excluding hydrogens is 629 g/mol. The highest BCUT2D eigenvalue weighted by Crippen LogP contribution is 2.48. The van der Waals surface area contributed by atoms with Crippen molar-refractivity contribution in [3.63, 3.8) is 0 Å². The third-order valence-corrected chi connectivity index (χ3v) is 10.7. The van der Waals surface area contributed by atoms with Gasteiger partial charge in [0.1, 0.15) is 11.2 Å². The summed E-state index contributed by atoms with van der Waals surface area (Å²) in [5, 5.41) is 9.83. The van der Waals surface area contributed by atoms with Gasteiger partial charge in [-0.15, -0.1) is 0 Å². The Morgan fingerprint density at radius 3 is 1.71 bits per heavy atom. The van der Waals surface area contributed by atoms with Gasteiger partial charge < -0.3 is 4.42 Å². The molecule has 0 aliphatic rings. The molecule has 0 aliphatic carbocycles. The molecule has 1 heteroatoms. The third kappa shape index (κ3) is 4.92. The Morgan fingerprint density at radius 2 is 1.10 bits per heavy atom. The maximum atomic E-state index is 6.80. The molecule has 250 valence electrons. The van der Waals surface area contributed by atoms with Crippen LogP contribution in [0.3, 0.4) is 0 Å². The van der Waals surface area contributed by atoms with E-state index in [1.807, 2.05) is 6.08 Å². The van der Waals surface area contributed by atoms with Gasteiger partial charge in [-0.3, -0.25) is 0 Å². The van der Waals surface area contributed by atoms with E-state index in [-0.39, 0.29) is 5.41 Å². The third-order valence-electron chi connectivity index (χ3n) is 10.7. The van der Waals surface area contributed by atoms with Crippen molar-refractivity contribution in [1.82, 2.24) is 0 Å². The minimum Gasteiger partial charge on any atom is -0.456 e. The van der Waals surface area contributed by atoms with E-state index < -0.39 is 0 Å². The van der Waals surface area contributed by atoms with Gasteiger partial charge in [-0.05, 0) is 113 Å². The van der Waals surface area contributed by atoms with Crippen LogP contribution in [0.25, 0.3) is 93.7 Å². The Morgan fingerprint density at radius 1 is 0.519 bits per heavy atom. The van der Waals surface area contributed by atoms with E-state index in [0.717, 1.165) is 33.1 Å². The zero-order valence-electron chi connectivity index (χ0n) is 30.1. The van der Waals surface area contributed by atoms with Crippen LogP contribution in [-0.2, 0) is 5.41 Å². The van der Waals surface area contributed by atoms with Gasteiger partial charge in [-0.2, -0.15) is 0 Å². The Bertz CT molecular complexity index is 2840. The SMILES string of the molecule is C=C/C=C\c1c(C)c(-c2ccccc2)c2ccccc2c1-c1cccc2oc3cc(-c4c5ccccc5c(C(C)(C)C)c5ccccc45)ccc3c12. The summed E-state index contributed by atoms with van der Waals surface area (Å²) in [5.41, 5.74) is 12.8. The first kappa shape index (κ1) is 31.8. The van der Waals surface area contributed by atoms with Crippen molar-refractivity contribution in [3.8, 4) is 33.4 Å². The fourth-order valence-corrected chi connectivity index (χ4v) is 8.67. The number of hydrogen-bond donors (Lipinski definition) is 0. The molecule has 0 spiro atoms. The fourth-order valence-electron chi connectivity index (χ4n) is 8.67. The van der Waals surface area contributed by atoms with Gasteiger partial charge >= 0.3 is 0 Å². The maximum Gasteiger partial charge on any atom is 0.136 e. The van der Waals surface area contributed by atoms with E-state index in [9.17, 15) is 0 Å². The van der Waals surface area contributed by atoms with Gasteiger partial charge in [0.25, 0.3) is 0 Å². The fraction of sp³-hybridized carbons (Fsp3) is 0.0980. The van der Waals surface area contributed by atoms with Crippen molar-refractivity contribution in [2.75, 3.05) is 0 Å². The van der Waals surface area contributed by atoms with E-state index >= 15 is 0 Å². The summed E-state index contributed by atoms with van der Waals surface area (Å²) >= 11 is 0. The van der Waals surface area contributed by atoms with Crippen molar-refractivity contribution in [1.29, 1.82) is 0 Å². The lowest BCUT2D eigenvalue weighted by atomic mass is 9.78. The molecular formula is C51H40O. The van der Waals surface area contributed by atoms with Gasteiger partial charge in [0.2, 0.25) is 0 Å². The summed E-state index contributed by atoms with van der Waals surface area (Å²) in [6.07, 6.45) is 6.12. The maximum absolute atomic E-state index is 6.80. The Hall–Kier alpha value is -6.18. The van der Waals surface area contributed by atoms with Gasteiger partial charge in [-0.25, -0.2) is 0 Å². The van der Waals surface area contributed by atoms with Crippen molar-refractivity contribution in [3.05, 3.63) is 175 Å². The van der Waals surface area contributed by atoms with Gasteiger partial charge in [-0.1, -0.05) is 167 Å². The van der Waals surface area contributed by atoms with Crippen molar-refractivity contribution < 1.29 is 4.42 Å². The Balaban J connectivity index is 1.33. The smallest absolute Gasteiger partial charge is 0.136 e. The predicted molar refractivity (Wildman–Crippen MR) is 225 cm³/mol. The molecule has 0 radical (unpaired) electrons. The number of hydrogen-bond acceptors (Lipinski definition) is 1. The number of fused-ring (bicyclic) bond motifs is 6. The molecule has 0 amide bonds. The van der Waals surface area contributed by atoms with E-state index in [1.54, 1.807) is 0 Å². The summed E-state index contributed by atoms with van der Waals surface area (Å²) in [7, 11) is 0. The second-order valence-corrected chi connectivity index (χ2v) is 14.9. The van der Waals surface area contributed by atoms with Crippen LogP contribution in [0, 0.1) is 6.92 Å². The monoisotopic (exact) mass is 668 g/mol. The average molecular weight is 669 g/mol. The number of furan rings is 1. The quantitative estimate of drug-likeness (QED) is 0.131. The largest absolute Gasteiger partial charge is 0.456 e. The van der Waals surface area contributed by atoms with E-state index in [0.29, 0.717) is 0 Å². The molecule has 0 saturated heterocycles. The molecule has 0 bridgehead atoms. The number of benzene rings is 8. The van der Waals surface area contributed by atoms with E-state index in [2.05, 4.69) is 186 Å². The molecule has 8 aromatic carbocycles. The molecule has 0 N–H and O–H groups in total. The Labute approximate surface area is 305 Å². The van der Waals surface area contributed by atoms with Gasteiger partial charge in [0, 0.05) is 10.8 Å². The first-order chi connectivity index (χ1) is 25.3. The van der Waals surface area contributed by atoms with Crippen LogP contribution in [0.2, 0.25) is 0 Å². The average Bonchev–Trinajstić information content (AvgIpc) is 3.54. The second kappa shape index (κ2) is 12.2. The summed E-state index contributed by atoms with van der Waals surface area (Å²) in [6, 6.07) is 50.6. The predicted octanol–water partition coefficient (Wildman–Crippen LogP) is 14.9. The molecule has 0 atom stereocenters. The topological polar surface area (TPSA) is 13.1 Å². The minimum absolute atomic E-state index is 0.0155. The first-order valence-electron chi connectivity index (χ1n) is 18.1. The molecule has 9 aromatic rings. The molecule has 1 aromatic heterocycles. The zero-order valence-corrected chi connectivity index (χ0v) is 30.1. The van der Waals surface area contributed by atoms with Crippen LogP contribution in [0.5, 0.6) is 0 Å². The molecule has 0 unspecified atom stereocenters. The lowest BCUT2D eigenvalue weighted by molar-refractivity contribution is 0.601. The highest BCUT2D eigenvalue weighted by Gasteiger charge is 2.25. The molecule has 1 heterocycles. The molecule has 0 saturated carbocycles. The Kier molecular flexibility index (Phi) is 7.49.